The largest absolute Gasteiger partial charge is 0.383 e. The Morgan fingerprint density at radius 3 is 2.76 bits per heavy atom. The molecule has 1 aromatic carbocycles. The first kappa shape index (κ1) is 23.7. The van der Waals surface area contributed by atoms with Crippen LogP contribution in [0, 0.1) is 12.7 Å². The average molecular weight is 518 g/mol. The number of anilines is 1. The fourth-order valence-electron chi connectivity index (χ4n) is 4.35. The van der Waals surface area contributed by atoms with Gasteiger partial charge in [-0.2, -0.15) is 5.10 Å². The van der Waals surface area contributed by atoms with Crippen molar-refractivity contribution in [1.82, 2.24) is 20.0 Å². The first-order chi connectivity index (χ1) is 16.0. The number of amides is 2. The number of methoxy groups -OCH3 is 1. The van der Waals surface area contributed by atoms with Crippen LogP contribution in [0.2, 0.25) is 0 Å². The molecule has 2 aromatic rings. The molecule has 2 amide bonds. The molecule has 7 nitrogen and oxygen atoms in total. The van der Waals surface area contributed by atoms with Gasteiger partial charge in [0, 0.05) is 38.2 Å². The summed E-state index contributed by atoms with van der Waals surface area (Å²) in [6.45, 7) is 4.76. The first-order valence-electron chi connectivity index (χ1n) is 11.1. The molecule has 4 rings (SSSR count). The van der Waals surface area contributed by atoms with E-state index in [-0.39, 0.29) is 23.8 Å². The highest BCUT2D eigenvalue weighted by Crippen LogP contribution is 2.30. The summed E-state index contributed by atoms with van der Waals surface area (Å²) in [5.41, 5.74) is 2.79. The molecule has 0 saturated carbocycles. The maximum atomic E-state index is 13.5. The van der Waals surface area contributed by atoms with Crippen LogP contribution in [0.1, 0.15) is 29.9 Å². The van der Waals surface area contributed by atoms with Crippen LogP contribution in [0.25, 0.3) is 5.70 Å². The molecule has 0 spiro atoms. The van der Waals surface area contributed by atoms with Gasteiger partial charge in [-0.05, 0) is 59.5 Å². The lowest BCUT2D eigenvalue weighted by Gasteiger charge is -2.21. The van der Waals surface area contributed by atoms with Gasteiger partial charge in [0.15, 0.2) is 0 Å². The minimum Gasteiger partial charge on any atom is -0.383 e. The summed E-state index contributed by atoms with van der Waals surface area (Å²) in [4.78, 5) is 15.4. The zero-order chi connectivity index (χ0) is 23.4. The third-order valence-electron chi connectivity index (χ3n) is 6.14. The number of hydrogen-bond donors (Lipinski definition) is 2. The maximum absolute atomic E-state index is 13.5. The Morgan fingerprint density at radius 2 is 2.06 bits per heavy atom. The number of carbonyl (C=O) groups excluding carboxylic acids is 1. The number of hydrogen-bond acceptors (Lipinski definition) is 4. The molecule has 1 aliphatic carbocycles. The lowest BCUT2D eigenvalue weighted by atomic mass is 9.94. The molecule has 1 fully saturated rings. The molecule has 1 aromatic heterocycles. The summed E-state index contributed by atoms with van der Waals surface area (Å²) < 4.78 is 21.1. The second-order valence-corrected chi connectivity index (χ2v) is 9.15. The molecule has 0 radical (unpaired) electrons. The van der Waals surface area contributed by atoms with Gasteiger partial charge in [-0.1, -0.05) is 24.3 Å². The Hall–Kier alpha value is -2.49. The number of urea groups is 1. The summed E-state index contributed by atoms with van der Waals surface area (Å²) in [5, 5.41) is 10.7. The topological polar surface area (TPSA) is 71.4 Å². The highest BCUT2D eigenvalue weighted by molar-refractivity contribution is 9.10. The number of allylic oxidation sites excluding steroid dienone is 4. The molecular formula is C24H29BrFN5O2. The van der Waals surface area contributed by atoms with E-state index >= 15 is 0 Å². The van der Waals surface area contributed by atoms with Crippen molar-refractivity contribution in [2.45, 2.75) is 31.7 Å². The monoisotopic (exact) mass is 517 g/mol. The number of carbonyl (C=O) groups is 1. The quantitative estimate of drug-likeness (QED) is 0.566. The highest BCUT2D eigenvalue weighted by Gasteiger charge is 2.35. The van der Waals surface area contributed by atoms with Crippen LogP contribution in [0.15, 0.2) is 47.1 Å². The Kier molecular flexibility index (Phi) is 7.62. The lowest BCUT2D eigenvalue weighted by molar-refractivity contribution is 0.159. The van der Waals surface area contributed by atoms with Gasteiger partial charge in [-0.25, -0.2) is 13.9 Å². The Balaban J connectivity index is 1.51. The Bertz CT molecular complexity index is 1050. The zero-order valence-corrected chi connectivity index (χ0v) is 20.4. The molecule has 33 heavy (non-hydrogen) atoms. The van der Waals surface area contributed by atoms with E-state index < -0.39 is 0 Å². The number of halogens is 2. The molecule has 1 saturated heterocycles. The summed E-state index contributed by atoms with van der Waals surface area (Å²) >= 11 is 3.49. The van der Waals surface area contributed by atoms with Crippen molar-refractivity contribution in [3.05, 3.63) is 64.0 Å². The number of rotatable bonds is 7. The van der Waals surface area contributed by atoms with E-state index in [1.807, 2.05) is 13.0 Å². The van der Waals surface area contributed by atoms with Crippen molar-refractivity contribution in [3.63, 3.8) is 0 Å². The molecule has 176 valence electrons. The predicted octanol–water partition coefficient (Wildman–Crippen LogP) is 4.52. The van der Waals surface area contributed by atoms with Crippen LogP contribution >= 0.6 is 15.9 Å². The van der Waals surface area contributed by atoms with Crippen molar-refractivity contribution < 1.29 is 13.9 Å². The van der Waals surface area contributed by atoms with E-state index in [0.717, 1.165) is 42.8 Å². The third kappa shape index (κ3) is 5.54. The van der Waals surface area contributed by atoms with Gasteiger partial charge in [0.25, 0.3) is 0 Å². The number of nitrogens with zero attached hydrogens (tertiary/aromatic N) is 3. The summed E-state index contributed by atoms with van der Waals surface area (Å²) in [7, 11) is 1.68. The molecular weight excluding hydrogens is 489 g/mol. The van der Waals surface area contributed by atoms with Gasteiger partial charge in [0.1, 0.15) is 16.2 Å². The maximum Gasteiger partial charge on any atom is 0.320 e. The van der Waals surface area contributed by atoms with E-state index in [0.29, 0.717) is 23.6 Å². The summed E-state index contributed by atoms with van der Waals surface area (Å²) in [6.07, 6.45) is 8.16. The van der Waals surface area contributed by atoms with E-state index in [4.69, 9.17) is 4.74 Å². The SMILES string of the molecule is COCCN1C[C@@H](NC(=O)Nc2c(C)c(Br)nn2C2=CCCC=C2)[C@H](c2ccc(F)cc2)C1. The van der Waals surface area contributed by atoms with Gasteiger partial charge >= 0.3 is 6.03 Å². The molecule has 2 N–H and O–H groups in total. The van der Waals surface area contributed by atoms with Crippen LogP contribution in [0.4, 0.5) is 15.0 Å². The van der Waals surface area contributed by atoms with Crippen molar-refractivity contribution in [2.24, 2.45) is 0 Å². The normalized spacial score (nSPS) is 20.7. The van der Waals surface area contributed by atoms with Gasteiger partial charge in [0.2, 0.25) is 0 Å². The first-order valence-corrected chi connectivity index (χ1v) is 11.9. The lowest BCUT2D eigenvalue weighted by Crippen LogP contribution is -2.42. The van der Waals surface area contributed by atoms with Crippen molar-refractivity contribution in [3.8, 4) is 0 Å². The molecule has 0 unspecified atom stereocenters. The van der Waals surface area contributed by atoms with E-state index in [2.05, 4.69) is 48.7 Å². The van der Waals surface area contributed by atoms with Crippen LogP contribution in [-0.4, -0.2) is 60.1 Å². The standard InChI is InChI=1S/C24H29BrFN5O2/c1-16-22(25)29-31(19-6-4-3-5-7-19)23(16)28-24(32)27-21-15-30(12-13-33-2)14-20(21)17-8-10-18(26)11-9-17/h4,6-11,20-21H,3,5,12-15H2,1-2H3,(H2,27,28,32)/t20-,21+/m0/s1. The van der Waals surface area contributed by atoms with Crippen LogP contribution in [0.5, 0.6) is 0 Å². The van der Waals surface area contributed by atoms with Crippen LogP contribution in [-0.2, 0) is 4.74 Å². The van der Waals surface area contributed by atoms with E-state index in [1.165, 1.54) is 12.1 Å². The van der Waals surface area contributed by atoms with Crippen LogP contribution in [0.3, 0.4) is 0 Å². The minimum absolute atomic E-state index is 0.0509. The highest BCUT2D eigenvalue weighted by atomic mass is 79.9. The number of benzene rings is 1. The third-order valence-corrected chi connectivity index (χ3v) is 6.89. The van der Waals surface area contributed by atoms with E-state index in [1.54, 1.807) is 23.9 Å². The van der Waals surface area contributed by atoms with Gasteiger partial charge < -0.3 is 10.1 Å². The average Bonchev–Trinajstić information content (AvgIpc) is 3.34. The van der Waals surface area contributed by atoms with E-state index in [9.17, 15) is 9.18 Å². The molecule has 9 heteroatoms. The minimum atomic E-state index is -0.294. The van der Waals surface area contributed by atoms with Crippen molar-refractivity contribution >= 4 is 33.5 Å². The van der Waals surface area contributed by atoms with Crippen molar-refractivity contribution in [1.29, 1.82) is 0 Å². The molecule has 0 bridgehead atoms. The molecule has 2 aliphatic rings. The van der Waals surface area contributed by atoms with Crippen LogP contribution < -0.4 is 10.6 Å². The molecule has 1 aliphatic heterocycles. The summed E-state index contributed by atoms with van der Waals surface area (Å²) in [6, 6.07) is 6.11. The van der Waals surface area contributed by atoms with Gasteiger partial charge in [-0.15, -0.1) is 0 Å². The molecule has 2 atom stereocenters. The Morgan fingerprint density at radius 1 is 1.27 bits per heavy atom. The fraction of sp³-hybridized carbons (Fsp3) is 0.417. The van der Waals surface area contributed by atoms with Crippen molar-refractivity contribution in [2.75, 3.05) is 38.7 Å². The molecule has 2 heterocycles. The summed E-state index contributed by atoms with van der Waals surface area (Å²) in [5.74, 6) is 0.412. The smallest absolute Gasteiger partial charge is 0.320 e. The number of ether oxygens (including phenoxy) is 1. The van der Waals surface area contributed by atoms with Gasteiger partial charge in [-0.3, -0.25) is 10.2 Å². The second-order valence-electron chi connectivity index (χ2n) is 8.40. The number of nitrogens with one attached hydrogen (secondary N) is 2. The second kappa shape index (κ2) is 10.6. The predicted molar refractivity (Wildman–Crippen MR) is 131 cm³/mol. The number of likely N-dealkylation sites (tertiary alicyclic amines) is 1. The van der Waals surface area contributed by atoms with Gasteiger partial charge in [0.05, 0.1) is 18.3 Å². The zero-order valence-electron chi connectivity index (χ0n) is 18.9. The Labute approximate surface area is 201 Å². The number of aromatic nitrogens is 2. The fourth-order valence-corrected chi connectivity index (χ4v) is 4.70.